The minimum atomic E-state index is -0.343. The third-order valence-corrected chi connectivity index (χ3v) is 2.91. The minimum absolute atomic E-state index is 0.343. The van der Waals surface area contributed by atoms with E-state index in [9.17, 15) is 4.79 Å². The lowest BCUT2D eigenvalue weighted by Crippen LogP contribution is -2.09. The molecule has 1 aromatic rings. The molecule has 0 aliphatic heterocycles. The zero-order valence-electron chi connectivity index (χ0n) is 9.21. The van der Waals surface area contributed by atoms with Gasteiger partial charge in [-0.2, -0.15) is 5.26 Å². The number of ether oxygens (including phenoxy) is 1. The second-order valence-electron chi connectivity index (χ2n) is 3.23. The van der Waals surface area contributed by atoms with Gasteiger partial charge >= 0.3 is 5.97 Å². The van der Waals surface area contributed by atoms with Gasteiger partial charge in [-0.3, -0.25) is 0 Å². The number of alkyl halides is 1. The van der Waals surface area contributed by atoms with Crippen molar-refractivity contribution in [2.75, 3.05) is 6.61 Å². The second kappa shape index (κ2) is 5.66. The largest absolute Gasteiger partial charge is 0.462 e. The summed E-state index contributed by atoms with van der Waals surface area (Å²) in [6.07, 6.45) is 0. The summed E-state index contributed by atoms with van der Waals surface area (Å²) in [7, 11) is 0. The second-order valence-corrected chi connectivity index (χ2v) is 3.79. The molecule has 0 atom stereocenters. The van der Waals surface area contributed by atoms with Gasteiger partial charge in [-0.15, -0.1) is 0 Å². The third-order valence-electron chi connectivity index (χ3n) is 2.35. The van der Waals surface area contributed by atoms with Crippen LogP contribution in [0.5, 0.6) is 0 Å². The van der Waals surface area contributed by atoms with Gasteiger partial charge in [0.2, 0.25) is 0 Å². The fourth-order valence-corrected chi connectivity index (χ4v) is 2.17. The molecule has 0 unspecified atom stereocenters. The van der Waals surface area contributed by atoms with Gasteiger partial charge in [0, 0.05) is 5.33 Å². The smallest absolute Gasteiger partial charge is 0.338 e. The van der Waals surface area contributed by atoms with Gasteiger partial charge in [0.1, 0.15) is 0 Å². The van der Waals surface area contributed by atoms with Crippen LogP contribution in [-0.4, -0.2) is 12.6 Å². The molecular formula is C12H12BrNO2. The van der Waals surface area contributed by atoms with Crippen LogP contribution in [0.25, 0.3) is 0 Å². The molecule has 0 aliphatic rings. The van der Waals surface area contributed by atoms with Crippen molar-refractivity contribution in [3.05, 3.63) is 34.4 Å². The predicted molar refractivity (Wildman–Crippen MR) is 64.5 cm³/mol. The molecule has 0 bridgehead atoms. The van der Waals surface area contributed by atoms with Crippen LogP contribution in [0, 0.1) is 18.3 Å². The van der Waals surface area contributed by atoms with E-state index < -0.39 is 0 Å². The first-order valence-corrected chi connectivity index (χ1v) is 6.03. The molecule has 0 saturated heterocycles. The molecule has 0 spiro atoms. The molecular weight excluding hydrogens is 270 g/mol. The van der Waals surface area contributed by atoms with E-state index in [0.717, 1.165) is 11.1 Å². The Bertz CT molecular complexity index is 449. The van der Waals surface area contributed by atoms with Crippen molar-refractivity contribution in [2.24, 2.45) is 0 Å². The average Bonchev–Trinajstić information content (AvgIpc) is 2.28. The third kappa shape index (κ3) is 2.42. The van der Waals surface area contributed by atoms with E-state index >= 15 is 0 Å². The topological polar surface area (TPSA) is 50.1 Å². The number of hydrogen-bond acceptors (Lipinski definition) is 3. The first-order valence-electron chi connectivity index (χ1n) is 4.91. The number of carbonyl (C=O) groups is 1. The zero-order valence-corrected chi connectivity index (χ0v) is 10.8. The minimum Gasteiger partial charge on any atom is -0.462 e. The van der Waals surface area contributed by atoms with Crippen LogP contribution in [0.3, 0.4) is 0 Å². The molecule has 0 fully saturated rings. The van der Waals surface area contributed by atoms with Gasteiger partial charge in [-0.25, -0.2) is 4.79 Å². The number of rotatable bonds is 3. The van der Waals surface area contributed by atoms with Crippen LogP contribution in [-0.2, 0) is 10.1 Å². The van der Waals surface area contributed by atoms with Crippen LogP contribution in [0.2, 0.25) is 0 Å². The van der Waals surface area contributed by atoms with Crippen molar-refractivity contribution < 1.29 is 9.53 Å². The number of nitriles is 1. The standard InChI is InChI=1S/C12H12BrNO2/c1-3-16-12(15)10-5-4-9(7-14)8(2)11(10)6-13/h4-5H,3,6H2,1-2H3. The maximum absolute atomic E-state index is 11.7. The van der Waals surface area contributed by atoms with Crippen LogP contribution in [0.15, 0.2) is 12.1 Å². The molecule has 3 nitrogen and oxygen atoms in total. The highest BCUT2D eigenvalue weighted by molar-refractivity contribution is 9.08. The van der Waals surface area contributed by atoms with Crippen LogP contribution >= 0.6 is 15.9 Å². The van der Waals surface area contributed by atoms with Crippen molar-refractivity contribution >= 4 is 21.9 Å². The summed E-state index contributed by atoms with van der Waals surface area (Å²) in [6.45, 7) is 3.94. The maximum Gasteiger partial charge on any atom is 0.338 e. The number of hydrogen-bond donors (Lipinski definition) is 0. The van der Waals surface area contributed by atoms with E-state index in [4.69, 9.17) is 10.00 Å². The molecule has 0 saturated carbocycles. The summed E-state index contributed by atoms with van der Waals surface area (Å²) in [5.41, 5.74) is 2.75. The lowest BCUT2D eigenvalue weighted by atomic mass is 9.99. The summed E-state index contributed by atoms with van der Waals surface area (Å²) in [6, 6.07) is 5.38. The Kier molecular flexibility index (Phi) is 4.51. The maximum atomic E-state index is 11.7. The van der Waals surface area contributed by atoms with Crippen molar-refractivity contribution in [1.82, 2.24) is 0 Å². The van der Waals surface area contributed by atoms with Crippen LogP contribution in [0.4, 0.5) is 0 Å². The normalized spacial score (nSPS) is 9.62. The highest BCUT2D eigenvalue weighted by Crippen LogP contribution is 2.21. The highest BCUT2D eigenvalue weighted by atomic mass is 79.9. The van der Waals surface area contributed by atoms with Crippen molar-refractivity contribution in [1.29, 1.82) is 5.26 Å². The Morgan fingerprint density at radius 2 is 2.25 bits per heavy atom. The Labute approximate surface area is 103 Å². The molecule has 0 heterocycles. The van der Waals surface area contributed by atoms with E-state index in [2.05, 4.69) is 22.0 Å². The van der Waals surface area contributed by atoms with E-state index in [1.54, 1.807) is 19.1 Å². The first-order chi connectivity index (χ1) is 7.65. The Morgan fingerprint density at radius 3 is 2.75 bits per heavy atom. The molecule has 0 aliphatic carbocycles. The number of halogens is 1. The molecule has 1 rings (SSSR count). The SMILES string of the molecule is CCOC(=O)c1ccc(C#N)c(C)c1CBr. The van der Waals surface area contributed by atoms with Gasteiger partial charge in [0.25, 0.3) is 0 Å². The summed E-state index contributed by atoms with van der Waals surface area (Å²) < 4.78 is 4.96. The number of nitrogens with zero attached hydrogens (tertiary/aromatic N) is 1. The molecule has 4 heteroatoms. The van der Waals surface area contributed by atoms with Crippen molar-refractivity contribution in [2.45, 2.75) is 19.2 Å². The number of benzene rings is 1. The summed E-state index contributed by atoms with van der Waals surface area (Å²) in [5.74, 6) is -0.343. The van der Waals surface area contributed by atoms with E-state index in [1.165, 1.54) is 0 Å². The molecule has 1 aromatic carbocycles. The molecule has 16 heavy (non-hydrogen) atoms. The number of esters is 1. The van der Waals surface area contributed by atoms with E-state index in [-0.39, 0.29) is 5.97 Å². The number of carbonyl (C=O) groups excluding carboxylic acids is 1. The molecule has 0 N–H and O–H groups in total. The molecule has 0 radical (unpaired) electrons. The van der Waals surface area contributed by atoms with Gasteiger partial charge < -0.3 is 4.74 Å². The van der Waals surface area contributed by atoms with Gasteiger partial charge in [-0.05, 0) is 37.1 Å². The lowest BCUT2D eigenvalue weighted by molar-refractivity contribution is 0.0525. The summed E-state index contributed by atoms with van der Waals surface area (Å²) >= 11 is 3.32. The highest BCUT2D eigenvalue weighted by Gasteiger charge is 2.15. The lowest BCUT2D eigenvalue weighted by Gasteiger charge is -2.10. The van der Waals surface area contributed by atoms with Gasteiger partial charge in [0.15, 0.2) is 0 Å². The first kappa shape index (κ1) is 12.7. The van der Waals surface area contributed by atoms with Crippen LogP contribution in [0.1, 0.15) is 34.0 Å². The van der Waals surface area contributed by atoms with Gasteiger partial charge in [-0.1, -0.05) is 15.9 Å². The molecule has 0 amide bonds. The van der Waals surface area contributed by atoms with Crippen molar-refractivity contribution in [3.8, 4) is 6.07 Å². The fraction of sp³-hybridized carbons (Fsp3) is 0.333. The Morgan fingerprint density at radius 1 is 1.56 bits per heavy atom. The van der Waals surface area contributed by atoms with E-state index in [0.29, 0.717) is 23.1 Å². The molecule has 84 valence electrons. The fourth-order valence-electron chi connectivity index (χ4n) is 1.45. The average molecular weight is 282 g/mol. The summed E-state index contributed by atoms with van der Waals surface area (Å²) in [4.78, 5) is 11.7. The van der Waals surface area contributed by atoms with Crippen molar-refractivity contribution in [3.63, 3.8) is 0 Å². The molecule has 0 aromatic heterocycles. The van der Waals surface area contributed by atoms with Crippen LogP contribution < -0.4 is 0 Å². The monoisotopic (exact) mass is 281 g/mol. The summed E-state index contributed by atoms with van der Waals surface area (Å²) in [5, 5.41) is 9.42. The quantitative estimate of drug-likeness (QED) is 0.632. The van der Waals surface area contributed by atoms with Gasteiger partial charge in [0.05, 0.1) is 23.8 Å². The Balaban J connectivity index is 3.27. The predicted octanol–water partition coefficient (Wildman–Crippen LogP) is 2.94. The Hall–Kier alpha value is -1.34. The van der Waals surface area contributed by atoms with E-state index in [1.807, 2.05) is 6.92 Å². The zero-order chi connectivity index (χ0) is 12.1.